The van der Waals surface area contributed by atoms with Gasteiger partial charge in [0.2, 0.25) is 0 Å². The molecule has 126 valence electrons. The fourth-order valence-electron chi connectivity index (χ4n) is 6.38. The molecule has 3 rings (SSSR count). The highest BCUT2D eigenvalue weighted by atomic mass is 15.0. The Labute approximate surface area is 136 Å². The second-order valence-corrected chi connectivity index (χ2v) is 8.11. The summed E-state index contributed by atoms with van der Waals surface area (Å²) in [6.45, 7) is 0.853. The Bertz CT molecular complexity index is 327. The molecule has 0 amide bonds. The van der Waals surface area contributed by atoms with Crippen molar-refractivity contribution in [2.45, 2.75) is 83.5 Å². The predicted molar refractivity (Wildman–Crippen MR) is 93.6 cm³/mol. The quantitative estimate of drug-likeness (QED) is 0.570. The third-order valence-electron chi connectivity index (χ3n) is 7.18. The summed E-state index contributed by atoms with van der Waals surface area (Å²) in [5.41, 5.74) is 11.8. The summed E-state index contributed by atoms with van der Waals surface area (Å²) in [5, 5.41) is 0. The van der Waals surface area contributed by atoms with Crippen LogP contribution in [0.25, 0.3) is 0 Å². The van der Waals surface area contributed by atoms with Crippen LogP contribution in [0.15, 0.2) is 4.99 Å². The maximum atomic E-state index is 5.61. The predicted octanol–water partition coefficient (Wildman–Crippen LogP) is 4.21. The molecule has 0 aromatic carbocycles. The van der Waals surface area contributed by atoms with Gasteiger partial charge in [0.05, 0.1) is 0 Å². The van der Waals surface area contributed by atoms with E-state index in [2.05, 4.69) is 4.99 Å². The molecule has 0 radical (unpaired) electrons. The van der Waals surface area contributed by atoms with Gasteiger partial charge >= 0.3 is 0 Å². The number of nitrogens with zero attached hydrogens (tertiary/aromatic N) is 1. The second kappa shape index (κ2) is 7.23. The van der Waals surface area contributed by atoms with Crippen molar-refractivity contribution in [1.29, 1.82) is 0 Å². The topological polar surface area (TPSA) is 64.4 Å². The van der Waals surface area contributed by atoms with Gasteiger partial charge in [0.25, 0.3) is 0 Å². The van der Waals surface area contributed by atoms with Crippen molar-refractivity contribution < 1.29 is 0 Å². The van der Waals surface area contributed by atoms with Gasteiger partial charge in [-0.15, -0.1) is 0 Å². The number of aliphatic imine (C=N–C) groups is 1. The highest BCUT2D eigenvalue weighted by Gasteiger charge is 2.51. The average Bonchev–Trinajstić information content (AvgIpc) is 3.27. The van der Waals surface area contributed by atoms with E-state index >= 15 is 0 Å². The molecule has 0 saturated heterocycles. The van der Waals surface area contributed by atoms with E-state index < -0.39 is 0 Å². The zero-order valence-corrected chi connectivity index (χ0v) is 14.2. The first-order valence-electron chi connectivity index (χ1n) is 9.79. The maximum absolute atomic E-state index is 5.61. The van der Waals surface area contributed by atoms with Crippen LogP contribution in [-0.2, 0) is 0 Å². The lowest BCUT2D eigenvalue weighted by molar-refractivity contribution is -0.00144. The van der Waals surface area contributed by atoms with Crippen molar-refractivity contribution >= 4 is 5.96 Å². The molecular weight excluding hydrogens is 270 g/mol. The minimum Gasteiger partial charge on any atom is -0.370 e. The number of hydrogen-bond donors (Lipinski definition) is 2. The van der Waals surface area contributed by atoms with Gasteiger partial charge in [0, 0.05) is 6.54 Å². The molecule has 22 heavy (non-hydrogen) atoms. The first kappa shape index (κ1) is 16.1. The molecule has 3 fully saturated rings. The third-order valence-corrected chi connectivity index (χ3v) is 7.18. The van der Waals surface area contributed by atoms with Crippen LogP contribution in [0, 0.1) is 23.2 Å². The molecule has 0 aromatic rings. The summed E-state index contributed by atoms with van der Waals surface area (Å²) in [6, 6.07) is 0. The largest absolute Gasteiger partial charge is 0.370 e. The van der Waals surface area contributed by atoms with Crippen molar-refractivity contribution in [2.75, 3.05) is 6.54 Å². The molecule has 0 bridgehead atoms. The molecule has 3 aliphatic carbocycles. The van der Waals surface area contributed by atoms with E-state index in [4.69, 9.17) is 11.5 Å². The molecule has 3 heteroatoms. The zero-order chi connectivity index (χ0) is 15.4. The Morgan fingerprint density at radius 3 is 1.41 bits per heavy atom. The van der Waals surface area contributed by atoms with E-state index in [1.54, 1.807) is 0 Å². The SMILES string of the molecule is NC(N)=NCCC(C1CCCC1)(C1CCCC1)C1CCCC1. The lowest BCUT2D eigenvalue weighted by atomic mass is 9.56. The number of nitrogens with two attached hydrogens (primary N) is 2. The van der Waals surface area contributed by atoms with Gasteiger partial charge in [-0.2, -0.15) is 0 Å². The number of hydrogen-bond acceptors (Lipinski definition) is 1. The molecule has 3 aliphatic rings. The fourth-order valence-corrected chi connectivity index (χ4v) is 6.38. The zero-order valence-electron chi connectivity index (χ0n) is 14.2. The van der Waals surface area contributed by atoms with E-state index in [1.807, 2.05) is 0 Å². The van der Waals surface area contributed by atoms with Gasteiger partial charge in [0.1, 0.15) is 0 Å². The van der Waals surface area contributed by atoms with Crippen molar-refractivity contribution in [2.24, 2.45) is 39.6 Å². The standard InChI is InChI=1S/C19H35N3/c20-18(21)22-14-13-19(15-7-1-2-8-15,16-9-3-4-10-16)17-11-5-6-12-17/h15-17H,1-14H2,(H4,20,21,22). The Balaban J connectivity index is 1.86. The Hall–Kier alpha value is -0.730. The van der Waals surface area contributed by atoms with Gasteiger partial charge in [-0.3, -0.25) is 4.99 Å². The molecule has 0 spiro atoms. The molecule has 0 aliphatic heterocycles. The van der Waals surface area contributed by atoms with E-state index in [9.17, 15) is 0 Å². The molecule has 4 N–H and O–H groups in total. The monoisotopic (exact) mass is 305 g/mol. The Morgan fingerprint density at radius 1 is 0.727 bits per heavy atom. The molecule has 0 heterocycles. The fraction of sp³-hybridized carbons (Fsp3) is 0.947. The summed E-state index contributed by atoms with van der Waals surface area (Å²) in [5.74, 6) is 3.13. The molecule has 3 saturated carbocycles. The minimum absolute atomic E-state index is 0.276. The van der Waals surface area contributed by atoms with Gasteiger partial charge in [-0.25, -0.2) is 0 Å². The highest BCUT2D eigenvalue weighted by Crippen LogP contribution is 2.60. The summed E-state index contributed by atoms with van der Waals surface area (Å²) in [7, 11) is 0. The minimum atomic E-state index is 0.276. The first-order valence-corrected chi connectivity index (χ1v) is 9.79. The summed E-state index contributed by atoms with van der Waals surface area (Å²) in [6.07, 6.45) is 18.8. The normalized spacial score (nSPS) is 25.1. The van der Waals surface area contributed by atoms with Crippen molar-refractivity contribution in [3.05, 3.63) is 0 Å². The van der Waals surface area contributed by atoms with Gasteiger partial charge in [0.15, 0.2) is 5.96 Å². The van der Waals surface area contributed by atoms with Crippen molar-refractivity contribution in [1.82, 2.24) is 0 Å². The van der Waals surface area contributed by atoms with Crippen molar-refractivity contribution in [3.8, 4) is 0 Å². The second-order valence-electron chi connectivity index (χ2n) is 8.11. The van der Waals surface area contributed by atoms with Crippen LogP contribution in [0.5, 0.6) is 0 Å². The summed E-state index contributed by atoms with van der Waals surface area (Å²) in [4.78, 5) is 4.40. The van der Waals surface area contributed by atoms with Crippen LogP contribution < -0.4 is 11.5 Å². The van der Waals surface area contributed by atoms with Crippen LogP contribution >= 0.6 is 0 Å². The lowest BCUT2D eigenvalue weighted by Gasteiger charge is -2.49. The molecule has 0 aromatic heterocycles. The van der Waals surface area contributed by atoms with Crippen LogP contribution in [0.1, 0.15) is 83.5 Å². The van der Waals surface area contributed by atoms with Gasteiger partial charge < -0.3 is 11.5 Å². The van der Waals surface area contributed by atoms with Crippen LogP contribution in [0.3, 0.4) is 0 Å². The summed E-state index contributed by atoms with van der Waals surface area (Å²) >= 11 is 0. The lowest BCUT2D eigenvalue weighted by Crippen LogP contribution is -2.43. The maximum Gasteiger partial charge on any atom is 0.185 e. The van der Waals surface area contributed by atoms with Crippen LogP contribution in [0.2, 0.25) is 0 Å². The van der Waals surface area contributed by atoms with E-state index in [0.717, 1.165) is 24.3 Å². The van der Waals surface area contributed by atoms with Crippen LogP contribution in [-0.4, -0.2) is 12.5 Å². The molecule has 3 nitrogen and oxygen atoms in total. The Morgan fingerprint density at radius 2 is 1.09 bits per heavy atom. The van der Waals surface area contributed by atoms with Crippen LogP contribution in [0.4, 0.5) is 0 Å². The Kier molecular flexibility index (Phi) is 5.30. The number of rotatable bonds is 6. The molecular formula is C19H35N3. The van der Waals surface area contributed by atoms with Gasteiger partial charge in [-0.1, -0.05) is 38.5 Å². The molecule has 0 atom stereocenters. The van der Waals surface area contributed by atoms with E-state index in [-0.39, 0.29) is 5.96 Å². The highest BCUT2D eigenvalue weighted by molar-refractivity contribution is 5.75. The summed E-state index contributed by atoms with van der Waals surface area (Å²) < 4.78 is 0. The van der Waals surface area contributed by atoms with Crippen molar-refractivity contribution in [3.63, 3.8) is 0 Å². The first-order chi connectivity index (χ1) is 10.7. The third kappa shape index (κ3) is 3.14. The van der Waals surface area contributed by atoms with Gasteiger partial charge in [-0.05, 0) is 68.1 Å². The molecule has 0 unspecified atom stereocenters. The number of guanidine groups is 1. The smallest absolute Gasteiger partial charge is 0.185 e. The van der Waals surface area contributed by atoms with E-state index in [1.165, 1.54) is 83.5 Å². The van der Waals surface area contributed by atoms with E-state index in [0.29, 0.717) is 5.41 Å². The average molecular weight is 306 g/mol.